The summed E-state index contributed by atoms with van der Waals surface area (Å²) in [5.41, 5.74) is 2.81. The molecule has 0 spiro atoms. The minimum atomic E-state index is -3.71. The van der Waals surface area contributed by atoms with Gasteiger partial charge in [0, 0.05) is 43.9 Å². The Morgan fingerprint density at radius 3 is 2.70 bits per heavy atom. The van der Waals surface area contributed by atoms with Crippen LogP contribution in [0.25, 0.3) is 0 Å². The molecule has 2 aliphatic rings. The van der Waals surface area contributed by atoms with Crippen molar-refractivity contribution in [2.24, 2.45) is 0 Å². The molecular weight excluding hydrogens is 438 g/mol. The van der Waals surface area contributed by atoms with E-state index in [0.29, 0.717) is 18.7 Å². The second kappa shape index (κ2) is 9.93. The Morgan fingerprint density at radius 2 is 1.94 bits per heavy atom. The zero-order valence-corrected chi connectivity index (χ0v) is 20.2. The van der Waals surface area contributed by atoms with Crippen LogP contribution >= 0.6 is 0 Å². The van der Waals surface area contributed by atoms with E-state index in [0.717, 1.165) is 32.4 Å². The maximum absolute atomic E-state index is 12.9. The second-order valence-electron chi connectivity index (χ2n) is 9.45. The topological polar surface area (TPSA) is 87.7 Å². The first-order valence-electron chi connectivity index (χ1n) is 11.6. The largest absolute Gasteiger partial charge is 0.377 e. The van der Waals surface area contributed by atoms with E-state index >= 15 is 0 Å². The van der Waals surface area contributed by atoms with E-state index in [9.17, 15) is 13.2 Å². The smallest absolute Gasteiger partial charge is 0.251 e. The van der Waals surface area contributed by atoms with E-state index in [4.69, 9.17) is 4.74 Å². The number of fused-ring (bicyclic) bond motifs is 1. The van der Waals surface area contributed by atoms with Crippen LogP contribution in [0.3, 0.4) is 0 Å². The molecule has 1 fully saturated rings. The molecule has 1 saturated heterocycles. The van der Waals surface area contributed by atoms with Gasteiger partial charge in [-0.2, -0.15) is 0 Å². The number of rotatable bonds is 8. The zero-order valence-electron chi connectivity index (χ0n) is 19.3. The van der Waals surface area contributed by atoms with E-state index in [-0.39, 0.29) is 29.0 Å². The second-order valence-corrected chi connectivity index (χ2v) is 11.2. The van der Waals surface area contributed by atoms with Gasteiger partial charge in [-0.1, -0.05) is 30.3 Å². The van der Waals surface area contributed by atoms with Crippen LogP contribution in [-0.2, 0) is 27.7 Å². The van der Waals surface area contributed by atoms with Gasteiger partial charge in [0.25, 0.3) is 5.91 Å². The van der Waals surface area contributed by atoms with Crippen molar-refractivity contribution < 1.29 is 17.9 Å². The number of ether oxygens (including phenoxy) is 1. The Bertz CT molecular complexity index is 1090. The summed E-state index contributed by atoms with van der Waals surface area (Å²) in [5, 5.41) is 3.00. The molecule has 1 amide bonds. The summed E-state index contributed by atoms with van der Waals surface area (Å²) < 4.78 is 33.4. The number of carbonyl (C=O) groups is 1. The molecule has 0 aliphatic carbocycles. The Kier molecular flexibility index (Phi) is 7.19. The molecule has 0 aromatic heterocycles. The summed E-state index contributed by atoms with van der Waals surface area (Å²) in [6.07, 6.45) is 2.70. The summed E-state index contributed by atoms with van der Waals surface area (Å²) in [6.45, 7) is 7.40. The highest BCUT2D eigenvalue weighted by atomic mass is 32.2. The van der Waals surface area contributed by atoms with Crippen LogP contribution in [0.15, 0.2) is 53.4 Å². The number of hydrogen-bond acceptors (Lipinski definition) is 5. The monoisotopic (exact) mass is 471 g/mol. The molecule has 0 bridgehead atoms. The molecule has 2 aromatic rings. The molecule has 0 radical (unpaired) electrons. The average molecular weight is 472 g/mol. The van der Waals surface area contributed by atoms with Gasteiger partial charge >= 0.3 is 0 Å². The van der Waals surface area contributed by atoms with Crippen molar-refractivity contribution in [1.29, 1.82) is 0 Å². The summed E-state index contributed by atoms with van der Waals surface area (Å²) in [7, 11) is -3.71. The quantitative estimate of drug-likeness (QED) is 0.618. The number of nitrogens with zero attached hydrogens (tertiary/aromatic N) is 1. The van der Waals surface area contributed by atoms with Crippen molar-refractivity contribution in [3.63, 3.8) is 0 Å². The predicted molar refractivity (Wildman–Crippen MR) is 128 cm³/mol. The van der Waals surface area contributed by atoms with Gasteiger partial charge in [-0.25, -0.2) is 13.1 Å². The Balaban J connectivity index is 1.36. The first-order valence-corrected chi connectivity index (χ1v) is 13.0. The van der Waals surface area contributed by atoms with Gasteiger partial charge < -0.3 is 10.1 Å². The van der Waals surface area contributed by atoms with Crippen LogP contribution in [0.5, 0.6) is 0 Å². The molecule has 33 heavy (non-hydrogen) atoms. The fourth-order valence-electron chi connectivity index (χ4n) is 4.42. The van der Waals surface area contributed by atoms with Crippen LogP contribution in [0, 0.1) is 0 Å². The number of amides is 1. The molecule has 2 aromatic carbocycles. The van der Waals surface area contributed by atoms with E-state index in [2.05, 4.69) is 53.1 Å². The van der Waals surface area contributed by atoms with Crippen LogP contribution in [0.4, 0.5) is 0 Å². The average Bonchev–Trinajstić information content (AvgIpc) is 3.35. The normalized spacial score (nSPS) is 19.3. The van der Waals surface area contributed by atoms with E-state index in [1.54, 1.807) is 12.1 Å². The van der Waals surface area contributed by atoms with Gasteiger partial charge in [0.05, 0.1) is 11.0 Å². The minimum Gasteiger partial charge on any atom is -0.377 e. The van der Waals surface area contributed by atoms with Crippen molar-refractivity contribution >= 4 is 15.9 Å². The zero-order chi connectivity index (χ0) is 23.5. The highest BCUT2D eigenvalue weighted by molar-refractivity contribution is 7.89. The highest BCUT2D eigenvalue weighted by Gasteiger charge is 2.30. The number of nitrogens with one attached hydrogen (secondary N) is 2. The SMILES string of the molecule is CC(C)(CNC(=O)c1cccc(S(=O)(=O)NCC2CCCO2)c1)N1CCc2ccccc2C1. The number of benzene rings is 2. The summed E-state index contributed by atoms with van der Waals surface area (Å²) in [4.78, 5) is 15.3. The number of hydrogen-bond donors (Lipinski definition) is 2. The van der Waals surface area contributed by atoms with Gasteiger partial charge in [0.2, 0.25) is 10.0 Å². The lowest BCUT2D eigenvalue weighted by Gasteiger charge is -2.41. The molecule has 2 heterocycles. The molecule has 2 N–H and O–H groups in total. The first-order chi connectivity index (χ1) is 15.7. The summed E-state index contributed by atoms with van der Waals surface area (Å²) >= 11 is 0. The van der Waals surface area contributed by atoms with Crippen molar-refractivity contribution in [2.75, 3.05) is 26.2 Å². The lowest BCUT2D eigenvalue weighted by molar-refractivity contribution is 0.0826. The molecule has 1 unspecified atom stereocenters. The van der Waals surface area contributed by atoms with E-state index in [1.807, 2.05) is 0 Å². The van der Waals surface area contributed by atoms with Crippen molar-refractivity contribution in [1.82, 2.24) is 14.9 Å². The van der Waals surface area contributed by atoms with Gasteiger partial charge in [-0.05, 0) is 62.4 Å². The molecule has 1 atom stereocenters. The molecular formula is C25H33N3O4S. The Hall–Kier alpha value is -2.26. The lowest BCUT2D eigenvalue weighted by Crippen LogP contribution is -2.53. The maximum Gasteiger partial charge on any atom is 0.251 e. The Morgan fingerprint density at radius 1 is 1.15 bits per heavy atom. The Labute approximate surface area is 196 Å². The predicted octanol–water partition coefficient (Wildman–Crippen LogP) is 2.71. The van der Waals surface area contributed by atoms with Crippen LogP contribution in [-0.4, -0.2) is 57.1 Å². The minimum absolute atomic E-state index is 0.0834. The molecule has 178 valence electrons. The van der Waals surface area contributed by atoms with Crippen LogP contribution in [0.1, 0.15) is 48.2 Å². The van der Waals surface area contributed by atoms with Crippen molar-refractivity contribution in [3.8, 4) is 0 Å². The fraction of sp³-hybridized carbons (Fsp3) is 0.480. The molecule has 0 saturated carbocycles. The molecule has 4 rings (SSSR count). The third-order valence-corrected chi connectivity index (χ3v) is 8.02. The summed E-state index contributed by atoms with van der Waals surface area (Å²) in [6, 6.07) is 14.6. The van der Waals surface area contributed by atoms with Crippen molar-refractivity contribution in [2.45, 2.75) is 56.2 Å². The van der Waals surface area contributed by atoms with Gasteiger partial charge in [-0.3, -0.25) is 9.69 Å². The third-order valence-electron chi connectivity index (χ3n) is 6.60. The van der Waals surface area contributed by atoms with Crippen LogP contribution in [0.2, 0.25) is 0 Å². The van der Waals surface area contributed by atoms with Gasteiger partial charge in [0.1, 0.15) is 0 Å². The van der Waals surface area contributed by atoms with Gasteiger partial charge in [-0.15, -0.1) is 0 Å². The van der Waals surface area contributed by atoms with Crippen molar-refractivity contribution in [3.05, 3.63) is 65.2 Å². The molecule has 8 heteroatoms. The van der Waals surface area contributed by atoms with E-state index in [1.165, 1.54) is 23.3 Å². The molecule has 2 aliphatic heterocycles. The highest BCUT2D eigenvalue weighted by Crippen LogP contribution is 2.25. The third kappa shape index (κ3) is 5.81. The standard InChI is InChI=1S/C25H33N3O4S/c1-25(2,28-13-12-19-7-3-4-8-21(19)17-28)18-26-24(29)20-9-5-11-23(15-20)33(30,31)27-16-22-10-6-14-32-22/h3-5,7-9,11,15,22,27H,6,10,12-14,16-18H2,1-2H3,(H,26,29). The van der Waals surface area contributed by atoms with E-state index < -0.39 is 10.0 Å². The fourth-order valence-corrected chi connectivity index (χ4v) is 5.53. The first kappa shape index (κ1) is 23.9. The summed E-state index contributed by atoms with van der Waals surface area (Å²) in [5.74, 6) is -0.281. The van der Waals surface area contributed by atoms with Gasteiger partial charge in [0.15, 0.2) is 0 Å². The number of sulfonamides is 1. The van der Waals surface area contributed by atoms with Crippen LogP contribution < -0.4 is 10.0 Å². The maximum atomic E-state index is 12.9. The molecule has 7 nitrogen and oxygen atoms in total. The lowest BCUT2D eigenvalue weighted by atomic mass is 9.94. The number of carbonyl (C=O) groups excluding carboxylic acids is 1.